The number of allylic oxidation sites excluding steroid dienone is 4. The minimum atomic E-state index is -0.323. The van der Waals surface area contributed by atoms with E-state index >= 15 is 0 Å². The van der Waals surface area contributed by atoms with Gasteiger partial charge in [-0.05, 0) is 62.4 Å². The van der Waals surface area contributed by atoms with Gasteiger partial charge in [0.15, 0.2) is 18.2 Å². The van der Waals surface area contributed by atoms with E-state index in [1.807, 2.05) is 62.5 Å². The molecule has 0 saturated heterocycles. The molecule has 35 heavy (non-hydrogen) atoms. The first-order valence-electron chi connectivity index (χ1n) is 12.3. The normalized spacial score (nSPS) is 18.4. The number of nitrogens with zero attached hydrogens (tertiary/aromatic N) is 1. The summed E-state index contributed by atoms with van der Waals surface area (Å²) in [5, 5.41) is 2.82. The third-order valence-corrected chi connectivity index (χ3v) is 7.16. The number of ether oxygens (including phenoxy) is 1. The fourth-order valence-electron chi connectivity index (χ4n) is 5.43. The number of rotatable bonds is 5. The van der Waals surface area contributed by atoms with Gasteiger partial charge >= 0.3 is 0 Å². The topological polar surface area (TPSA) is 75.7 Å². The minimum Gasteiger partial charge on any atom is -0.484 e. The predicted molar refractivity (Wildman–Crippen MR) is 134 cm³/mol. The number of hydrogen-bond acceptors (Lipinski definition) is 5. The van der Waals surface area contributed by atoms with E-state index in [-0.39, 0.29) is 30.0 Å². The number of amides is 1. The van der Waals surface area contributed by atoms with Crippen molar-refractivity contribution in [3.8, 4) is 5.75 Å². The molecule has 0 bridgehead atoms. The van der Waals surface area contributed by atoms with Crippen LogP contribution in [0, 0.1) is 6.92 Å². The van der Waals surface area contributed by atoms with Crippen LogP contribution in [0.5, 0.6) is 5.75 Å². The molecule has 5 rings (SSSR count). The standard InChI is InChI=1S/C29H30N2O4/c1-18-9-13-20(14-10-18)30-26(34)17-35-21-15-11-19(12-16-21)27-28-22(5-3-7-24(28)32)31(2)23-6-4-8-25(33)29(23)27/h9-16,27H,3-8,17H2,1-2H3,(H,30,34). The van der Waals surface area contributed by atoms with Crippen LogP contribution in [0.4, 0.5) is 5.69 Å². The molecule has 1 amide bonds. The zero-order valence-electron chi connectivity index (χ0n) is 20.2. The quantitative estimate of drug-likeness (QED) is 0.661. The van der Waals surface area contributed by atoms with Crippen LogP contribution in [0.15, 0.2) is 71.1 Å². The molecule has 6 heteroatoms. The molecular formula is C29H30N2O4. The minimum absolute atomic E-state index is 0.108. The number of carbonyl (C=O) groups is 3. The highest BCUT2D eigenvalue weighted by Gasteiger charge is 2.42. The van der Waals surface area contributed by atoms with Gasteiger partial charge in [-0.25, -0.2) is 0 Å². The number of Topliss-reactive ketones (excluding diaryl/α,β-unsaturated/α-hetero) is 2. The molecule has 1 aliphatic heterocycles. The molecular weight excluding hydrogens is 440 g/mol. The maximum absolute atomic E-state index is 13.1. The lowest BCUT2D eigenvalue weighted by molar-refractivity contribution is -0.118. The Balaban J connectivity index is 1.36. The van der Waals surface area contributed by atoms with Crippen molar-refractivity contribution in [2.75, 3.05) is 19.0 Å². The van der Waals surface area contributed by atoms with Crippen LogP contribution in [0.1, 0.15) is 55.6 Å². The van der Waals surface area contributed by atoms with E-state index < -0.39 is 0 Å². The fourth-order valence-corrected chi connectivity index (χ4v) is 5.43. The zero-order valence-corrected chi connectivity index (χ0v) is 20.2. The van der Waals surface area contributed by atoms with Gasteiger partial charge in [-0.15, -0.1) is 0 Å². The lowest BCUT2D eigenvalue weighted by Gasteiger charge is -2.42. The van der Waals surface area contributed by atoms with Crippen molar-refractivity contribution in [3.63, 3.8) is 0 Å². The molecule has 0 unspecified atom stereocenters. The summed E-state index contributed by atoms with van der Waals surface area (Å²) in [6.45, 7) is 1.88. The Morgan fingerprint density at radius 1 is 0.886 bits per heavy atom. The predicted octanol–water partition coefficient (Wildman–Crippen LogP) is 5.06. The second-order valence-corrected chi connectivity index (χ2v) is 9.54. The Kier molecular flexibility index (Phi) is 6.29. The van der Waals surface area contributed by atoms with Crippen LogP contribution in [-0.4, -0.2) is 36.0 Å². The van der Waals surface area contributed by atoms with Crippen LogP contribution < -0.4 is 10.1 Å². The molecule has 0 saturated carbocycles. The van der Waals surface area contributed by atoms with Gasteiger partial charge < -0.3 is 15.0 Å². The van der Waals surface area contributed by atoms with Crippen molar-refractivity contribution in [2.45, 2.75) is 51.4 Å². The van der Waals surface area contributed by atoms with E-state index in [2.05, 4.69) is 10.2 Å². The van der Waals surface area contributed by atoms with Crippen LogP contribution in [0.3, 0.4) is 0 Å². The smallest absolute Gasteiger partial charge is 0.262 e. The van der Waals surface area contributed by atoms with Gasteiger partial charge in [0.2, 0.25) is 0 Å². The van der Waals surface area contributed by atoms with Gasteiger partial charge in [0.05, 0.1) is 0 Å². The van der Waals surface area contributed by atoms with E-state index in [4.69, 9.17) is 4.74 Å². The molecule has 1 heterocycles. The van der Waals surface area contributed by atoms with Crippen molar-refractivity contribution in [3.05, 3.63) is 82.2 Å². The van der Waals surface area contributed by atoms with E-state index in [1.54, 1.807) is 0 Å². The first-order chi connectivity index (χ1) is 16.9. The molecule has 0 atom stereocenters. The number of nitrogens with one attached hydrogen (secondary N) is 1. The van der Waals surface area contributed by atoms with Gasteiger partial charge in [0.1, 0.15) is 5.75 Å². The summed E-state index contributed by atoms with van der Waals surface area (Å²) in [4.78, 5) is 40.5. The second kappa shape index (κ2) is 9.53. The molecule has 0 aromatic heterocycles. The summed E-state index contributed by atoms with van der Waals surface area (Å²) in [6, 6.07) is 15.1. The van der Waals surface area contributed by atoms with E-state index in [9.17, 15) is 14.4 Å². The Morgan fingerprint density at radius 2 is 1.46 bits per heavy atom. The Hall–Kier alpha value is -3.67. The second-order valence-electron chi connectivity index (χ2n) is 9.54. The number of ketones is 2. The summed E-state index contributed by atoms with van der Waals surface area (Å²) >= 11 is 0. The molecule has 180 valence electrons. The Labute approximate surface area is 205 Å². The average molecular weight is 471 g/mol. The van der Waals surface area contributed by atoms with Crippen molar-refractivity contribution in [2.24, 2.45) is 0 Å². The summed E-state index contributed by atoms with van der Waals surface area (Å²) in [7, 11) is 2.00. The molecule has 0 radical (unpaired) electrons. The largest absolute Gasteiger partial charge is 0.484 e. The molecule has 6 nitrogen and oxygen atoms in total. The molecule has 0 fully saturated rings. The van der Waals surface area contributed by atoms with Crippen molar-refractivity contribution in [1.82, 2.24) is 4.90 Å². The van der Waals surface area contributed by atoms with Crippen LogP contribution in [-0.2, 0) is 14.4 Å². The van der Waals surface area contributed by atoms with Gasteiger partial charge in [0, 0.05) is 54.0 Å². The summed E-state index contributed by atoms with van der Waals surface area (Å²) in [5.74, 6) is 0.283. The van der Waals surface area contributed by atoms with Crippen molar-refractivity contribution in [1.29, 1.82) is 0 Å². The highest BCUT2D eigenvalue weighted by Crippen LogP contribution is 2.48. The van der Waals surface area contributed by atoms with Crippen molar-refractivity contribution >= 4 is 23.2 Å². The first-order valence-corrected chi connectivity index (χ1v) is 12.3. The zero-order chi connectivity index (χ0) is 24.5. The van der Waals surface area contributed by atoms with Gasteiger partial charge in [-0.3, -0.25) is 14.4 Å². The van der Waals surface area contributed by atoms with Gasteiger partial charge in [-0.1, -0.05) is 29.8 Å². The molecule has 1 N–H and O–H groups in total. The Bertz CT molecular complexity index is 1190. The summed E-state index contributed by atoms with van der Waals surface area (Å²) in [5.41, 5.74) is 6.45. The molecule has 2 aromatic rings. The molecule has 3 aliphatic rings. The number of aryl methyl sites for hydroxylation is 1. The van der Waals surface area contributed by atoms with Crippen LogP contribution >= 0.6 is 0 Å². The monoisotopic (exact) mass is 470 g/mol. The SMILES string of the molecule is Cc1ccc(NC(=O)COc2ccc(C3C4=C(CCCC4=O)N(C)C4=C3C(=O)CCC4)cc2)cc1. The van der Waals surface area contributed by atoms with Gasteiger partial charge in [-0.2, -0.15) is 0 Å². The maximum atomic E-state index is 13.1. The molecule has 2 aliphatic carbocycles. The van der Waals surface area contributed by atoms with Crippen LogP contribution in [0.2, 0.25) is 0 Å². The number of anilines is 1. The van der Waals surface area contributed by atoms with E-state index in [1.165, 1.54) is 0 Å². The fraction of sp³-hybridized carbons (Fsp3) is 0.345. The lowest BCUT2D eigenvalue weighted by atomic mass is 9.71. The summed E-state index contributed by atoms with van der Waals surface area (Å²) in [6.07, 6.45) is 4.46. The third kappa shape index (κ3) is 4.53. The molecule has 2 aromatic carbocycles. The lowest BCUT2D eigenvalue weighted by Crippen LogP contribution is -2.37. The summed E-state index contributed by atoms with van der Waals surface area (Å²) < 4.78 is 5.70. The number of hydrogen-bond donors (Lipinski definition) is 1. The van der Waals surface area contributed by atoms with Crippen LogP contribution in [0.25, 0.3) is 0 Å². The highest BCUT2D eigenvalue weighted by molar-refractivity contribution is 6.06. The maximum Gasteiger partial charge on any atom is 0.262 e. The third-order valence-electron chi connectivity index (χ3n) is 7.16. The van der Waals surface area contributed by atoms with E-state index in [0.717, 1.165) is 65.0 Å². The van der Waals surface area contributed by atoms with E-state index in [0.29, 0.717) is 18.6 Å². The Morgan fingerprint density at radius 3 is 2.03 bits per heavy atom. The number of carbonyl (C=O) groups excluding carboxylic acids is 3. The van der Waals surface area contributed by atoms with Crippen molar-refractivity contribution < 1.29 is 19.1 Å². The first kappa shape index (κ1) is 23.1. The molecule has 0 spiro atoms. The number of benzene rings is 2. The average Bonchev–Trinajstić information content (AvgIpc) is 2.86. The van der Waals surface area contributed by atoms with Gasteiger partial charge in [0.25, 0.3) is 5.91 Å². The highest BCUT2D eigenvalue weighted by atomic mass is 16.5.